The Morgan fingerprint density at radius 3 is 2.18 bits per heavy atom. The lowest BCUT2D eigenvalue weighted by atomic mass is 9.90. The van der Waals surface area contributed by atoms with Gasteiger partial charge in [0.15, 0.2) is 5.78 Å². The van der Waals surface area contributed by atoms with Crippen molar-refractivity contribution in [3.8, 4) is 11.1 Å². The number of anilines is 1. The summed E-state index contributed by atoms with van der Waals surface area (Å²) in [7, 11) is 0. The number of rotatable bonds is 5. The number of hydrogen-bond donors (Lipinski definition) is 2. The Bertz CT molecular complexity index is 1570. The molecule has 4 nitrogen and oxygen atoms in total. The zero-order valence-corrected chi connectivity index (χ0v) is 19.3. The van der Waals surface area contributed by atoms with Crippen molar-refractivity contribution in [3.63, 3.8) is 0 Å². The highest BCUT2D eigenvalue weighted by Gasteiger charge is 2.29. The number of nitrogen functional groups attached to an aromatic ring is 1. The molecule has 0 amide bonds. The SMILES string of the molecule is Nc1[nH]c(C(=O)c2ccccc2)c(-c2cccc3ccccc23)c1C(=O)c1ccc(Cl)c(Cl)c1. The van der Waals surface area contributed by atoms with Crippen LogP contribution in [0, 0.1) is 0 Å². The third-order valence-electron chi connectivity index (χ3n) is 5.76. The summed E-state index contributed by atoms with van der Waals surface area (Å²) in [5, 5.41) is 2.48. The number of carbonyl (C=O) groups excluding carboxylic acids is 2. The molecule has 0 unspecified atom stereocenters. The van der Waals surface area contributed by atoms with Gasteiger partial charge in [-0.2, -0.15) is 0 Å². The number of nitrogens with one attached hydrogen (secondary N) is 1. The third kappa shape index (κ3) is 3.77. The van der Waals surface area contributed by atoms with Gasteiger partial charge in [-0.1, -0.05) is 96.0 Å². The summed E-state index contributed by atoms with van der Waals surface area (Å²) in [4.78, 5) is 30.3. The number of halogens is 2. The number of benzene rings is 4. The number of ketones is 2. The van der Waals surface area contributed by atoms with Crippen molar-refractivity contribution in [2.75, 3.05) is 5.73 Å². The van der Waals surface area contributed by atoms with Crippen LogP contribution in [0.25, 0.3) is 21.9 Å². The van der Waals surface area contributed by atoms with Crippen LogP contribution in [-0.4, -0.2) is 16.6 Å². The maximum absolute atomic E-state index is 13.7. The van der Waals surface area contributed by atoms with E-state index in [1.54, 1.807) is 36.4 Å². The number of nitrogens with two attached hydrogens (primary N) is 1. The molecule has 0 spiro atoms. The molecule has 0 radical (unpaired) electrons. The number of fused-ring (bicyclic) bond motifs is 1. The predicted octanol–water partition coefficient (Wildman–Crippen LogP) is 7.19. The summed E-state index contributed by atoms with van der Waals surface area (Å²) < 4.78 is 0. The summed E-state index contributed by atoms with van der Waals surface area (Å²) in [6.45, 7) is 0. The first-order chi connectivity index (χ1) is 16.5. The number of carbonyl (C=O) groups is 2. The van der Waals surface area contributed by atoms with E-state index < -0.39 is 0 Å². The molecule has 4 aromatic carbocycles. The Kier molecular flexibility index (Phi) is 5.70. The predicted molar refractivity (Wildman–Crippen MR) is 138 cm³/mol. The van der Waals surface area contributed by atoms with Gasteiger partial charge in [0.25, 0.3) is 0 Å². The van der Waals surface area contributed by atoms with Gasteiger partial charge in [0, 0.05) is 16.7 Å². The molecule has 0 aliphatic heterocycles. The van der Waals surface area contributed by atoms with E-state index in [0.29, 0.717) is 21.7 Å². The fourth-order valence-electron chi connectivity index (χ4n) is 4.15. The van der Waals surface area contributed by atoms with Gasteiger partial charge in [-0.15, -0.1) is 0 Å². The highest BCUT2D eigenvalue weighted by atomic mass is 35.5. The Balaban J connectivity index is 1.80. The maximum Gasteiger partial charge on any atom is 0.209 e. The molecular formula is C28H18Cl2N2O2. The van der Waals surface area contributed by atoms with E-state index in [1.807, 2.05) is 48.5 Å². The number of aromatic nitrogens is 1. The van der Waals surface area contributed by atoms with Crippen molar-refractivity contribution in [1.82, 2.24) is 4.98 Å². The van der Waals surface area contributed by atoms with Crippen LogP contribution in [0.4, 0.5) is 5.82 Å². The summed E-state index contributed by atoms with van der Waals surface area (Å²) >= 11 is 12.2. The first-order valence-corrected chi connectivity index (χ1v) is 11.3. The van der Waals surface area contributed by atoms with Crippen LogP contribution in [-0.2, 0) is 0 Å². The molecule has 5 rings (SSSR count). The second-order valence-electron chi connectivity index (χ2n) is 7.84. The molecule has 0 saturated carbocycles. The van der Waals surface area contributed by atoms with Gasteiger partial charge in [0.2, 0.25) is 5.78 Å². The molecule has 0 bridgehead atoms. The van der Waals surface area contributed by atoms with Crippen molar-refractivity contribution in [2.45, 2.75) is 0 Å². The average Bonchev–Trinajstić information content (AvgIpc) is 3.21. The van der Waals surface area contributed by atoms with Gasteiger partial charge >= 0.3 is 0 Å². The molecule has 0 saturated heterocycles. The molecule has 1 heterocycles. The van der Waals surface area contributed by atoms with Crippen LogP contribution >= 0.6 is 23.2 Å². The van der Waals surface area contributed by atoms with Crippen molar-refractivity contribution >= 4 is 51.4 Å². The maximum atomic E-state index is 13.7. The summed E-state index contributed by atoms with van der Waals surface area (Å²) in [5.41, 5.74) is 8.82. The largest absolute Gasteiger partial charge is 0.385 e. The van der Waals surface area contributed by atoms with Crippen LogP contribution in [0.5, 0.6) is 0 Å². The fraction of sp³-hybridized carbons (Fsp3) is 0. The lowest BCUT2D eigenvalue weighted by molar-refractivity contribution is 0.103. The lowest BCUT2D eigenvalue weighted by Crippen LogP contribution is -2.07. The standard InChI is InChI=1S/C28H18Cl2N2O2/c29-21-14-13-18(15-22(21)30)26(33)24-23(20-12-6-10-16-7-4-5-11-19(16)20)25(32-28(24)31)27(34)17-8-2-1-3-9-17/h1-15,32H,31H2. The number of hydrogen-bond acceptors (Lipinski definition) is 3. The van der Waals surface area contributed by atoms with Crippen molar-refractivity contribution in [1.29, 1.82) is 0 Å². The molecule has 34 heavy (non-hydrogen) atoms. The monoisotopic (exact) mass is 484 g/mol. The first kappa shape index (κ1) is 22.0. The van der Waals surface area contributed by atoms with Gasteiger partial charge in [0.05, 0.1) is 21.3 Å². The summed E-state index contributed by atoms with van der Waals surface area (Å²) in [5.74, 6) is -0.510. The Hall–Kier alpha value is -3.86. The molecule has 1 aromatic heterocycles. The molecule has 3 N–H and O–H groups in total. The smallest absolute Gasteiger partial charge is 0.209 e. The Labute approximate surface area is 205 Å². The van der Waals surface area contributed by atoms with Crippen LogP contribution in [0.3, 0.4) is 0 Å². The van der Waals surface area contributed by atoms with E-state index in [4.69, 9.17) is 28.9 Å². The molecule has 0 aliphatic rings. The molecule has 6 heteroatoms. The minimum absolute atomic E-state index is 0.110. The topological polar surface area (TPSA) is 76.0 Å². The van der Waals surface area contributed by atoms with Gasteiger partial charge in [-0.3, -0.25) is 9.59 Å². The number of H-pyrrole nitrogens is 1. The molecule has 5 aromatic rings. The van der Waals surface area contributed by atoms with E-state index in [1.165, 1.54) is 6.07 Å². The molecular weight excluding hydrogens is 467 g/mol. The molecule has 166 valence electrons. The second kappa shape index (κ2) is 8.82. The summed E-state index contributed by atoms with van der Waals surface area (Å²) in [6.07, 6.45) is 0. The van der Waals surface area contributed by atoms with Gasteiger partial charge in [-0.05, 0) is 34.5 Å². The van der Waals surface area contributed by atoms with E-state index >= 15 is 0 Å². The van der Waals surface area contributed by atoms with Crippen molar-refractivity contribution in [3.05, 3.63) is 123 Å². The van der Waals surface area contributed by atoms with Gasteiger partial charge < -0.3 is 10.7 Å². The van der Waals surface area contributed by atoms with E-state index in [9.17, 15) is 9.59 Å². The fourth-order valence-corrected chi connectivity index (χ4v) is 4.45. The van der Waals surface area contributed by atoms with E-state index in [-0.39, 0.29) is 33.7 Å². The Morgan fingerprint density at radius 1 is 0.706 bits per heavy atom. The minimum Gasteiger partial charge on any atom is -0.385 e. The van der Waals surface area contributed by atoms with Crippen molar-refractivity contribution in [2.24, 2.45) is 0 Å². The van der Waals surface area contributed by atoms with E-state index in [0.717, 1.165) is 16.3 Å². The zero-order chi connectivity index (χ0) is 23.8. The van der Waals surface area contributed by atoms with E-state index in [2.05, 4.69) is 4.98 Å². The third-order valence-corrected chi connectivity index (χ3v) is 6.50. The normalized spacial score (nSPS) is 11.0. The molecule has 0 fully saturated rings. The average molecular weight is 485 g/mol. The van der Waals surface area contributed by atoms with Crippen LogP contribution in [0.15, 0.2) is 91.0 Å². The quantitative estimate of drug-likeness (QED) is 0.259. The first-order valence-electron chi connectivity index (χ1n) is 10.5. The summed E-state index contributed by atoms with van der Waals surface area (Å²) in [6, 6.07) is 27.1. The van der Waals surface area contributed by atoms with Gasteiger partial charge in [0.1, 0.15) is 5.82 Å². The highest BCUT2D eigenvalue weighted by molar-refractivity contribution is 6.42. The molecule has 0 atom stereocenters. The zero-order valence-electron chi connectivity index (χ0n) is 17.8. The highest BCUT2D eigenvalue weighted by Crippen LogP contribution is 2.39. The molecule has 0 aliphatic carbocycles. The van der Waals surface area contributed by atoms with Crippen molar-refractivity contribution < 1.29 is 9.59 Å². The number of aromatic amines is 1. The second-order valence-corrected chi connectivity index (χ2v) is 8.66. The Morgan fingerprint density at radius 2 is 1.41 bits per heavy atom. The van der Waals surface area contributed by atoms with Crippen LogP contribution in [0.1, 0.15) is 32.0 Å². The lowest BCUT2D eigenvalue weighted by Gasteiger charge is -2.11. The van der Waals surface area contributed by atoms with Crippen LogP contribution < -0.4 is 5.73 Å². The minimum atomic E-state index is -0.359. The van der Waals surface area contributed by atoms with Gasteiger partial charge in [-0.25, -0.2) is 0 Å². The van der Waals surface area contributed by atoms with Crippen LogP contribution in [0.2, 0.25) is 10.0 Å².